The molecule has 176 valence electrons. The Hall–Kier alpha value is -2.66. The molecule has 32 heavy (non-hydrogen) atoms. The van der Waals surface area contributed by atoms with E-state index in [0.717, 1.165) is 25.7 Å². The lowest BCUT2D eigenvalue weighted by Crippen LogP contribution is -2.45. The van der Waals surface area contributed by atoms with Gasteiger partial charge in [-0.25, -0.2) is 13.2 Å². The normalized spacial score (nSPS) is 18.2. The van der Waals surface area contributed by atoms with Gasteiger partial charge < -0.3 is 14.8 Å². The molecule has 1 saturated heterocycles. The molecular weight excluding hydrogens is 438 g/mol. The van der Waals surface area contributed by atoms with Gasteiger partial charge in [0.2, 0.25) is 10.0 Å². The number of sulfonamides is 1. The van der Waals surface area contributed by atoms with Crippen LogP contribution >= 0.6 is 0 Å². The number of piperidine rings is 1. The molecule has 3 rings (SSSR count). The van der Waals surface area contributed by atoms with Gasteiger partial charge in [0.25, 0.3) is 5.91 Å². The summed E-state index contributed by atoms with van der Waals surface area (Å²) < 4.78 is 37.0. The first-order valence-electron chi connectivity index (χ1n) is 10.7. The maximum absolute atomic E-state index is 12.8. The summed E-state index contributed by atoms with van der Waals surface area (Å²) in [6.07, 6.45) is 4.47. The van der Waals surface area contributed by atoms with E-state index in [9.17, 15) is 22.8 Å². The Kier molecular flexibility index (Phi) is 8.08. The Morgan fingerprint density at radius 2 is 1.66 bits per heavy atom. The summed E-state index contributed by atoms with van der Waals surface area (Å²) in [4.78, 5) is 36.1. The average molecular weight is 468 g/mol. The van der Waals surface area contributed by atoms with Crippen LogP contribution in [0.15, 0.2) is 29.2 Å². The van der Waals surface area contributed by atoms with Gasteiger partial charge in [0, 0.05) is 19.1 Å². The highest BCUT2D eigenvalue weighted by Crippen LogP contribution is 2.25. The third-order valence-corrected chi connectivity index (χ3v) is 7.69. The Balaban J connectivity index is 1.41. The fourth-order valence-electron chi connectivity index (χ4n) is 3.94. The van der Waals surface area contributed by atoms with Gasteiger partial charge in [0.1, 0.15) is 5.75 Å². The number of nitrogens with one attached hydrogen (secondary N) is 2. The number of rotatable bonds is 7. The standard InChI is InChI=1S/C21H29N3O7S/c1-30-17-6-8-18(9-7-17)32(28,29)24-12-10-15(11-13-24)20(26)31-14-19(25)23-21(27)22-16-4-2-3-5-16/h6-9,15-16H,2-5,10-14H2,1H3,(H2,22,23,25,27). The minimum absolute atomic E-state index is 0.0738. The number of benzene rings is 1. The van der Waals surface area contributed by atoms with E-state index >= 15 is 0 Å². The zero-order valence-corrected chi connectivity index (χ0v) is 18.9. The van der Waals surface area contributed by atoms with Crippen LogP contribution in [0.2, 0.25) is 0 Å². The monoisotopic (exact) mass is 467 g/mol. The lowest BCUT2D eigenvalue weighted by atomic mass is 9.98. The maximum atomic E-state index is 12.8. The van der Waals surface area contributed by atoms with E-state index in [2.05, 4.69) is 10.6 Å². The van der Waals surface area contributed by atoms with Crippen molar-refractivity contribution in [3.8, 4) is 5.75 Å². The van der Waals surface area contributed by atoms with Crippen molar-refractivity contribution in [2.75, 3.05) is 26.8 Å². The summed E-state index contributed by atoms with van der Waals surface area (Å²) in [5.41, 5.74) is 0. The summed E-state index contributed by atoms with van der Waals surface area (Å²) >= 11 is 0. The van der Waals surface area contributed by atoms with Crippen LogP contribution in [0.3, 0.4) is 0 Å². The average Bonchev–Trinajstić information content (AvgIpc) is 3.30. The molecule has 0 unspecified atom stereocenters. The number of hydrogen-bond acceptors (Lipinski definition) is 7. The summed E-state index contributed by atoms with van der Waals surface area (Å²) in [5, 5.41) is 4.87. The molecule has 10 nitrogen and oxygen atoms in total. The fraction of sp³-hybridized carbons (Fsp3) is 0.571. The summed E-state index contributed by atoms with van der Waals surface area (Å²) in [6, 6.07) is 5.61. The fourth-order valence-corrected chi connectivity index (χ4v) is 5.41. The molecule has 3 amide bonds. The molecule has 2 fully saturated rings. The van der Waals surface area contributed by atoms with E-state index in [1.54, 1.807) is 12.1 Å². The summed E-state index contributed by atoms with van der Waals surface area (Å²) in [6.45, 7) is -0.213. The summed E-state index contributed by atoms with van der Waals surface area (Å²) in [5.74, 6) is -1.21. The second kappa shape index (κ2) is 10.8. The molecule has 11 heteroatoms. The quantitative estimate of drug-likeness (QED) is 0.580. The third-order valence-electron chi connectivity index (χ3n) is 5.77. The zero-order valence-electron chi connectivity index (χ0n) is 18.0. The van der Waals surface area contributed by atoms with Crippen molar-refractivity contribution in [2.45, 2.75) is 49.5 Å². The van der Waals surface area contributed by atoms with E-state index < -0.39 is 40.5 Å². The SMILES string of the molecule is COc1ccc(S(=O)(=O)N2CCC(C(=O)OCC(=O)NC(=O)NC3CCCC3)CC2)cc1. The van der Waals surface area contributed by atoms with Crippen molar-refractivity contribution in [1.82, 2.24) is 14.9 Å². The highest BCUT2D eigenvalue weighted by Gasteiger charge is 2.33. The molecule has 0 aromatic heterocycles. The van der Waals surface area contributed by atoms with Gasteiger partial charge in [-0.15, -0.1) is 0 Å². The van der Waals surface area contributed by atoms with Crippen molar-refractivity contribution in [3.63, 3.8) is 0 Å². The van der Waals surface area contributed by atoms with Gasteiger partial charge >= 0.3 is 12.0 Å². The Bertz CT molecular complexity index is 919. The van der Waals surface area contributed by atoms with Gasteiger partial charge in [-0.05, 0) is 49.9 Å². The maximum Gasteiger partial charge on any atom is 0.321 e. The van der Waals surface area contributed by atoms with Crippen molar-refractivity contribution < 1.29 is 32.3 Å². The summed E-state index contributed by atoms with van der Waals surface area (Å²) in [7, 11) is -2.17. The van der Waals surface area contributed by atoms with Gasteiger partial charge in [-0.1, -0.05) is 12.8 Å². The first-order chi connectivity index (χ1) is 15.3. The second-order valence-electron chi connectivity index (χ2n) is 7.96. The minimum Gasteiger partial charge on any atom is -0.497 e. The molecule has 1 heterocycles. The van der Waals surface area contributed by atoms with Crippen LogP contribution in [-0.2, 0) is 24.3 Å². The van der Waals surface area contributed by atoms with Crippen LogP contribution in [0.1, 0.15) is 38.5 Å². The number of hydrogen-bond donors (Lipinski definition) is 2. The molecule has 2 N–H and O–H groups in total. The molecule has 0 bridgehead atoms. The van der Waals surface area contributed by atoms with Gasteiger partial charge in [-0.3, -0.25) is 14.9 Å². The Morgan fingerprint density at radius 1 is 1.03 bits per heavy atom. The smallest absolute Gasteiger partial charge is 0.321 e. The molecule has 1 aromatic carbocycles. The van der Waals surface area contributed by atoms with E-state index in [4.69, 9.17) is 9.47 Å². The largest absolute Gasteiger partial charge is 0.497 e. The number of carbonyl (C=O) groups excluding carboxylic acids is 3. The lowest BCUT2D eigenvalue weighted by molar-refractivity contribution is -0.153. The van der Waals surface area contributed by atoms with Crippen LogP contribution in [0.4, 0.5) is 4.79 Å². The minimum atomic E-state index is -3.67. The van der Waals surface area contributed by atoms with E-state index in [1.165, 1.54) is 23.5 Å². The second-order valence-corrected chi connectivity index (χ2v) is 9.90. The Morgan fingerprint density at radius 3 is 2.25 bits per heavy atom. The Labute approximate surface area is 187 Å². The molecule has 0 spiro atoms. The highest BCUT2D eigenvalue weighted by atomic mass is 32.2. The van der Waals surface area contributed by atoms with Crippen LogP contribution in [0.5, 0.6) is 5.75 Å². The number of imide groups is 1. The highest BCUT2D eigenvalue weighted by molar-refractivity contribution is 7.89. The topological polar surface area (TPSA) is 131 Å². The number of carbonyl (C=O) groups is 3. The number of urea groups is 1. The molecule has 1 aromatic rings. The molecule has 2 aliphatic rings. The first-order valence-corrected chi connectivity index (χ1v) is 12.1. The lowest BCUT2D eigenvalue weighted by Gasteiger charge is -2.30. The van der Waals surface area contributed by atoms with Gasteiger partial charge in [0.15, 0.2) is 6.61 Å². The van der Waals surface area contributed by atoms with Crippen LogP contribution in [0.25, 0.3) is 0 Å². The van der Waals surface area contributed by atoms with Crippen molar-refractivity contribution >= 4 is 27.9 Å². The van der Waals surface area contributed by atoms with Crippen molar-refractivity contribution in [1.29, 1.82) is 0 Å². The molecular formula is C21H29N3O7S. The molecule has 0 atom stereocenters. The third kappa shape index (κ3) is 6.19. The van der Waals surface area contributed by atoms with Crippen LogP contribution in [0, 0.1) is 5.92 Å². The number of nitrogens with zero attached hydrogens (tertiary/aromatic N) is 1. The predicted molar refractivity (Wildman–Crippen MR) is 114 cm³/mol. The number of methoxy groups -OCH3 is 1. The van der Waals surface area contributed by atoms with Gasteiger partial charge in [0.05, 0.1) is 17.9 Å². The number of ether oxygens (including phenoxy) is 2. The first kappa shape index (κ1) is 24.0. The van der Waals surface area contributed by atoms with Crippen molar-refractivity contribution in [3.05, 3.63) is 24.3 Å². The van der Waals surface area contributed by atoms with Crippen LogP contribution < -0.4 is 15.4 Å². The van der Waals surface area contributed by atoms with Crippen molar-refractivity contribution in [2.24, 2.45) is 5.92 Å². The number of esters is 1. The molecule has 1 aliphatic heterocycles. The van der Waals surface area contributed by atoms with E-state index in [-0.39, 0.29) is 36.9 Å². The zero-order chi connectivity index (χ0) is 23.1. The van der Waals surface area contributed by atoms with Crippen LogP contribution in [-0.4, -0.2) is 63.5 Å². The number of amides is 3. The molecule has 0 radical (unpaired) electrons. The van der Waals surface area contributed by atoms with E-state index in [0.29, 0.717) is 5.75 Å². The van der Waals surface area contributed by atoms with E-state index in [1.807, 2.05) is 0 Å². The predicted octanol–water partition coefficient (Wildman–Crippen LogP) is 1.41. The molecule has 1 aliphatic carbocycles. The molecule has 1 saturated carbocycles. The van der Waals surface area contributed by atoms with Gasteiger partial charge in [-0.2, -0.15) is 4.31 Å².